The molecule has 1 aromatic heterocycles. The standard InChI is InChI=1S/C16H13FN4O3/c17-14-4-2-1-3-12(14)9-21-19-16(18-20-21)11-5-7-13(8-6-11)24-10-15(22)23/h1-8H,9-10H2,(H,22,23)/p-1. The minimum absolute atomic E-state index is 0.173. The number of aromatic nitrogens is 4. The molecule has 0 aliphatic heterocycles. The molecule has 0 saturated heterocycles. The number of carboxylic acid groups (broad SMARTS) is 1. The highest BCUT2D eigenvalue weighted by atomic mass is 19.1. The van der Waals surface area contributed by atoms with E-state index in [4.69, 9.17) is 4.74 Å². The van der Waals surface area contributed by atoms with E-state index in [0.717, 1.165) is 0 Å². The van der Waals surface area contributed by atoms with E-state index in [0.29, 0.717) is 22.7 Å². The Kier molecular flexibility index (Phi) is 4.46. The molecule has 0 bridgehead atoms. The minimum atomic E-state index is -1.29. The van der Waals surface area contributed by atoms with E-state index in [9.17, 15) is 14.3 Å². The molecule has 24 heavy (non-hydrogen) atoms. The first-order chi connectivity index (χ1) is 11.6. The maximum atomic E-state index is 13.6. The third-order valence-corrected chi connectivity index (χ3v) is 3.19. The van der Waals surface area contributed by atoms with Crippen LogP contribution in [0.5, 0.6) is 5.75 Å². The number of carbonyl (C=O) groups excluding carboxylic acids is 1. The first-order valence-electron chi connectivity index (χ1n) is 7.06. The fraction of sp³-hybridized carbons (Fsp3) is 0.125. The number of carbonyl (C=O) groups is 1. The molecule has 122 valence electrons. The Morgan fingerprint density at radius 3 is 2.62 bits per heavy atom. The zero-order valence-electron chi connectivity index (χ0n) is 12.4. The summed E-state index contributed by atoms with van der Waals surface area (Å²) in [5, 5.41) is 22.4. The number of rotatable bonds is 6. The van der Waals surface area contributed by atoms with Gasteiger partial charge in [0.15, 0.2) is 0 Å². The number of benzene rings is 2. The van der Waals surface area contributed by atoms with Gasteiger partial charge in [-0.05, 0) is 35.5 Å². The Morgan fingerprint density at radius 2 is 1.92 bits per heavy atom. The number of hydrogen-bond acceptors (Lipinski definition) is 6. The number of nitrogens with zero attached hydrogens (tertiary/aromatic N) is 4. The van der Waals surface area contributed by atoms with Crippen molar-refractivity contribution in [3.63, 3.8) is 0 Å². The van der Waals surface area contributed by atoms with Gasteiger partial charge in [0.25, 0.3) is 0 Å². The largest absolute Gasteiger partial charge is 0.546 e. The molecule has 0 radical (unpaired) electrons. The van der Waals surface area contributed by atoms with Crippen LogP contribution in [-0.4, -0.2) is 32.8 Å². The molecular weight excluding hydrogens is 315 g/mol. The average Bonchev–Trinajstić information content (AvgIpc) is 3.04. The van der Waals surface area contributed by atoms with Gasteiger partial charge in [-0.15, -0.1) is 10.2 Å². The van der Waals surface area contributed by atoms with Crippen LogP contribution in [0.2, 0.25) is 0 Å². The summed E-state index contributed by atoms with van der Waals surface area (Å²) in [6.45, 7) is -0.344. The molecule has 8 heteroatoms. The van der Waals surface area contributed by atoms with Crippen molar-refractivity contribution in [1.29, 1.82) is 0 Å². The Hall–Kier alpha value is -3.29. The highest BCUT2D eigenvalue weighted by Gasteiger charge is 2.08. The lowest BCUT2D eigenvalue weighted by molar-refractivity contribution is -0.307. The topological polar surface area (TPSA) is 93.0 Å². The van der Waals surface area contributed by atoms with Crippen molar-refractivity contribution in [3.05, 3.63) is 59.9 Å². The number of hydrogen-bond donors (Lipinski definition) is 0. The van der Waals surface area contributed by atoms with E-state index in [1.54, 1.807) is 42.5 Å². The van der Waals surface area contributed by atoms with E-state index in [2.05, 4.69) is 15.4 Å². The van der Waals surface area contributed by atoms with Crippen LogP contribution >= 0.6 is 0 Å². The highest BCUT2D eigenvalue weighted by Crippen LogP contribution is 2.19. The molecule has 0 aliphatic rings. The summed E-state index contributed by atoms with van der Waals surface area (Å²) in [6.07, 6.45) is 0. The quantitative estimate of drug-likeness (QED) is 0.660. The molecule has 0 N–H and O–H groups in total. The molecule has 1 heterocycles. The van der Waals surface area contributed by atoms with Crippen LogP contribution in [0, 0.1) is 5.82 Å². The molecule has 0 unspecified atom stereocenters. The summed E-state index contributed by atoms with van der Waals surface area (Å²) < 4.78 is 18.6. The molecule has 3 aromatic rings. The number of carboxylic acids is 1. The molecule has 0 saturated carbocycles. The molecule has 7 nitrogen and oxygen atoms in total. The number of halogens is 1. The van der Waals surface area contributed by atoms with Crippen molar-refractivity contribution in [2.24, 2.45) is 0 Å². The van der Waals surface area contributed by atoms with Gasteiger partial charge in [-0.25, -0.2) is 4.39 Å². The number of tetrazole rings is 1. The van der Waals surface area contributed by atoms with Gasteiger partial charge in [0.1, 0.15) is 18.2 Å². The van der Waals surface area contributed by atoms with E-state index < -0.39 is 12.6 Å². The van der Waals surface area contributed by atoms with Crippen molar-refractivity contribution in [2.75, 3.05) is 6.61 Å². The maximum absolute atomic E-state index is 13.6. The lowest BCUT2D eigenvalue weighted by atomic mass is 10.2. The van der Waals surface area contributed by atoms with Gasteiger partial charge in [0.05, 0.1) is 12.5 Å². The Bertz CT molecular complexity index is 849. The van der Waals surface area contributed by atoms with Crippen LogP contribution < -0.4 is 9.84 Å². The van der Waals surface area contributed by atoms with Crippen LogP contribution in [0.15, 0.2) is 48.5 Å². The summed E-state index contributed by atoms with van der Waals surface area (Å²) in [7, 11) is 0. The van der Waals surface area contributed by atoms with Crippen molar-refractivity contribution >= 4 is 5.97 Å². The van der Waals surface area contributed by atoms with Crippen LogP contribution in [0.1, 0.15) is 5.56 Å². The molecule has 0 spiro atoms. The lowest BCUT2D eigenvalue weighted by Crippen LogP contribution is -2.28. The molecule has 0 atom stereocenters. The third kappa shape index (κ3) is 3.72. The monoisotopic (exact) mass is 327 g/mol. The summed E-state index contributed by atoms with van der Waals surface area (Å²) in [6, 6.07) is 12.9. The van der Waals surface area contributed by atoms with Crippen molar-refractivity contribution in [1.82, 2.24) is 20.2 Å². The van der Waals surface area contributed by atoms with Crippen molar-refractivity contribution < 1.29 is 19.0 Å². The summed E-state index contributed by atoms with van der Waals surface area (Å²) in [4.78, 5) is 11.6. The fourth-order valence-corrected chi connectivity index (χ4v) is 2.05. The molecule has 0 fully saturated rings. The average molecular weight is 327 g/mol. The highest BCUT2D eigenvalue weighted by molar-refractivity contribution is 5.66. The second-order valence-electron chi connectivity index (χ2n) is 4.92. The fourth-order valence-electron chi connectivity index (χ4n) is 2.05. The lowest BCUT2D eigenvalue weighted by Gasteiger charge is -2.06. The Morgan fingerprint density at radius 1 is 1.17 bits per heavy atom. The Labute approximate surface area is 136 Å². The van der Waals surface area contributed by atoms with Gasteiger partial charge < -0.3 is 14.6 Å². The third-order valence-electron chi connectivity index (χ3n) is 3.19. The predicted molar refractivity (Wildman–Crippen MR) is 79.3 cm³/mol. The normalized spacial score (nSPS) is 10.5. The Balaban J connectivity index is 1.71. The van der Waals surface area contributed by atoms with Crippen LogP contribution in [0.25, 0.3) is 11.4 Å². The van der Waals surface area contributed by atoms with Gasteiger partial charge >= 0.3 is 0 Å². The number of ether oxygens (including phenoxy) is 1. The second-order valence-corrected chi connectivity index (χ2v) is 4.92. The van der Waals surface area contributed by atoms with Gasteiger partial charge in [-0.2, -0.15) is 4.80 Å². The molecular formula is C16H12FN4O3-. The van der Waals surface area contributed by atoms with E-state index in [1.807, 2.05) is 0 Å². The molecule has 0 amide bonds. The van der Waals surface area contributed by atoms with E-state index in [1.165, 1.54) is 10.9 Å². The van der Waals surface area contributed by atoms with Gasteiger partial charge in [-0.3, -0.25) is 0 Å². The summed E-state index contributed by atoms with van der Waals surface area (Å²) in [5.74, 6) is -0.859. The maximum Gasteiger partial charge on any atom is 0.204 e. The second kappa shape index (κ2) is 6.86. The smallest absolute Gasteiger partial charge is 0.204 e. The van der Waals surface area contributed by atoms with Gasteiger partial charge in [0.2, 0.25) is 5.82 Å². The predicted octanol–water partition coefficient (Wildman–Crippen LogP) is 0.656. The van der Waals surface area contributed by atoms with Crippen molar-refractivity contribution in [2.45, 2.75) is 6.54 Å². The molecule has 2 aromatic carbocycles. The van der Waals surface area contributed by atoms with Crippen LogP contribution in [-0.2, 0) is 11.3 Å². The molecule has 0 aliphatic carbocycles. The summed E-state index contributed by atoms with van der Waals surface area (Å²) >= 11 is 0. The SMILES string of the molecule is O=C([O-])COc1ccc(-c2nnn(Cc3ccccc3F)n2)cc1. The van der Waals surface area contributed by atoms with E-state index in [-0.39, 0.29) is 12.4 Å². The first-order valence-corrected chi connectivity index (χ1v) is 7.06. The first kappa shape index (κ1) is 15.6. The van der Waals surface area contributed by atoms with E-state index >= 15 is 0 Å². The number of aliphatic carboxylic acids is 1. The summed E-state index contributed by atoms with van der Waals surface area (Å²) in [5.41, 5.74) is 1.14. The molecule has 3 rings (SSSR count). The minimum Gasteiger partial charge on any atom is -0.546 e. The zero-order valence-corrected chi connectivity index (χ0v) is 12.4. The van der Waals surface area contributed by atoms with Gasteiger partial charge in [-0.1, -0.05) is 18.2 Å². The van der Waals surface area contributed by atoms with Crippen LogP contribution in [0.4, 0.5) is 4.39 Å². The van der Waals surface area contributed by atoms with Gasteiger partial charge in [0, 0.05) is 11.1 Å². The zero-order chi connectivity index (χ0) is 16.9. The van der Waals surface area contributed by atoms with Crippen molar-refractivity contribution in [3.8, 4) is 17.1 Å². The van der Waals surface area contributed by atoms with Crippen LogP contribution in [0.3, 0.4) is 0 Å².